The average molecular weight is 407 g/mol. The van der Waals surface area contributed by atoms with Gasteiger partial charge in [0.05, 0.1) is 18.6 Å². The summed E-state index contributed by atoms with van der Waals surface area (Å²) in [5, 5.41) is 3.67. The third-order valence-electron chi connectivity index (χ3n) is 5.06. The third-order valence-corrected chi connectivity index (χ3v) is 5.06. The summed E-state index contributed by atoms with van der Waals surface area (Å²) in [7, 11) is 0. The molecule has 29 heavy (non-hydrogen) atoms. The molecule has 1 aromatic rings. The Bertz CT molecular complexity index is 670. The summed E-state index contributed by atoms with van der Waals surface area (Å²) in [4.78, 5) is 29.9. The molecular weight excluding hydrogens is 372 g/mol. The van der Waals surface area contributed by atoms with Gasteiger partial charge in [-0.05, 0) is 45.2 Å². The largest absolute Gasteiger partial charge is 0.461 e. The van der Waals surface area contributed by atoms with Gasteiger partial charge >= 0.3 is 11.9 Å². The highest BCUT2D eigenvalue weighted by atomic mass is 16.7. The summed E-state index contributed by atoms with van der Waals surface area (Å²) in [5.74, 6) is -0.592. The molecule has 0 aliphatic heterocycles. The second kappa shape index (κ2) is 11.0. The van der Waals surface area contributed by atoms with Gasteiger partial charge in [-0.15, -0.1) is 0 Å². The summed E-state index contributed by atoms with van der Waals surface area (Å²) in [6.07, 6.45) is 10.3. The van der Waals surface area contributed by atoms with Crippen LogP contribution in [-0.4, -0.2) is 23.4 Å². The summed E-state index contributed by atoms with van der Waals surface area (Å²) in [6.45, 7) is 5.40. The fourth-order valence-corrected chi connectivity index (χ4v) is 3.65. The van der Waals surface area contributed by atoms with Crippen molar-refractivity contribution >= 4 is 17.8 Å². The van der Waals surface area contributed by atoms with Gasteiger partial charge in [0.2, 0.25) is 5.84 Å². The van der Waals surface area contributed by atoms with Gasteiger partial charge in [0.25, 0.3) is 0 Å². The molecule has 2 rings (SSSR count). The SMILES string of the molecule is CC(C)(C)OC(=O)C[C@@H](CCCC1CCCCC1)C(=O)O/N=C(\N)c1ccco1. The van der Waals surface area contributed by atoms with Crippen molar-refractivity contribution in [3.8, 4) is 0 Å². The predicted molar refractivity (Wildman–Crippen MR) is 110 cm³/mol. The number of nitrogens with zero attached hydrogens (tertiary/aromatic N) is 1. The first-order valence-electron chi connectivity index (χ1n) is 10.5. The summed E-state index contributed by atoms with van der Waals surface area (Å²) in [5.41, 5.74) is 5.16. The Morgan fingerprint density at radius 1 is 1.28 bits per heavy atom. The Morgan fingerprint density at radius 2 is 2.00 bits per heavy atom. The molecule has 0 amide bonds. The van der Waals surface area contributed by atoms with Crippen LogP contribution >= 0.6 is 0 Å². The van der Waals surface area contributed by atoms with Crippen molar-refractivity contribution in [3.63, 3.8) is 0 Å². The van der Waals surface area contributed by atoms with Crippen LogP contribution < -0.4 is 5.73 Å². The molecule has 7 heteroatoms. The van der Waals surface area contributed by atoms with Crippen LogP contribution in [0.5, 0.6) is 0 Å². The van der Waals surface area contributed by atoms with E-state index in [0.717, 1.165) is 18.8 Å². The van der Waals surface area contributed by atoms with Crippen LogP contribution in [0.3, 0.4) is 0 Å². The minimum atomic E-state index is -0.610. The number of nitrogens with two attached hydrogens (primary N) is 1. The highest BCUT2D eigenvalue weighted by molar-refractivity contribution is 5.94. The van der Waals surface area contributed by atoms with Gasteiger partial charge in [-0.25, -0.2) is 4.79 Å². The van der Waals surface area contributed by atoms with Crippen molar-refractivity contribution in [1.82, 2.24) is 0 Å². The normalized spacial score (nSPS) is 17.0. The quantitative estimate of drug-likeness (QED) is 0.212. The molecule has 2 N–H and O–H groups in total. The number of hydrogen-bond acceptors (Lipinski definition) is 6. The zero-order chi connectivity index (χ0) is 21.3. The lowest BCUT2D eigenvalue weighted by Crippen LogP contribution is -2.28. The average Bonchev–Trinajstić information content (AvgIpc) is 3.19. The van der Waals surface area contributed by atoms with Crippen LogP contribution in [0.2, 0.25) is 0 Å². The Kier molecular flexibility index (Phi) is 8.73. The molecule has 0 saturated heterocycles. The Morgan fingerprint density at radius 3 is 2.62 bits per heavy atom. The van der Waals surface area contributed by atoms with Crippen LogP contribution in [0.4, 0.5) is 0 Å². The van der Waals surface area contributed by atoms with E-state index < -0.39 is 23.5 Å². The molecule has 1 heterocycles. The van der Waals surface area contributed by atoms with E-state index in [2.05, 4.69) is 5.16 Å². The molecule has 0 bridgehead atoms. The van der Waals surface area contributed by atoms with Gasteiger partial charge < -0.3 is 19.7 Å². The Hall–Kier alpha value is -2.31. The number of amidine groups is 1. The first-order chi connectivity index (χ1) is 13.7. The van der Waals surface area contributed by atoms with Crippen molar-refractivity contribution in [2.75, 3.05) is 0 Å². The highest BCUT2D eigenvalue weighted by Gasteiger charge is 2.27. The summed E-state index contributed by atoms with van der Waals surface area (Å²) in [6, 6.07) is 3.28. The van der Waals surface area contributed by atoms with Crippen molar-refractivity contribution in [2.45, 2.75) is 84.2 Å². The summed E-state index contributed by atoms with van der Waals surface area (Å²) < 4.78 is 10.5. The van der Waals surface area contributed by atoms with Gasteiger partial charge in [-0.1, -0.05) is 50.1 Å². The van der Waals surface area contributed by atoms with Crippen molar-refractivity contribution < 1.29 is 23.6 Å². The minimum Gasteiger partial charge on any atom is -0.461 e. The number of carbonyl (C=O) groups excluding carboxylic acids is 2. The number of rotatable bonds is 9. The topological polar surface area (TPSA) is 104 Å². The second-order valence-corrected chi connectivity index (χ2v) is 8.79. The lowest BCUT2D eigenvalue weighted by atomic mass is 9.84. The maximum absolute atomic E-state index is 12.6. The fourth-order valence-electron chi connectivity index (χ4n) is 3.65. The third kappa shape index (κ3) is 8.71. The molecule has 162 valence electrons. The molecular formula is C22H34N2O5. The first kappa shape index (κ1) is 23.0. The number of furan rings is 1. The molecule has 1 aromatic heterocycles. The second-order valence-electron chi connectivity index (χ2n) is 8.79. The van der Waals surface area contributed by atoms with Crippen LogP contribution in [-0.2, 0) is 19.2 Å². The molecule has 1 saturated carbocycles. The van der Waals surface area contributed by atoms with E-state index in [1.54, 1.807) is 32.9 Å². The van der Waals surface area contributed by atoms with E-state index in [1.807, 2.05) is 0 Å². The van der Waals surface area contributed by atoms with E-state index in [-0.39, 0.29) is 12.3 Å². The predicted octanol–water partition coefficient (Wildman–Crippen LogP) is 4.54. The molecule has 0 radical (unpaired) electrons. The number of oxime groups is 1. The standard InChI is InChI=1S/C22H34N2O5/c1-22(2,3)28-19(25)15-17(12-7-11-16-9-5-4-6-10-16)21(26)29-24-20(23)18-13-8-14-27-18/h8,13-14,16-17H,4-7,9-12,15H2,1-3H3,(H2,23,24)/t17-/m1/s1. The number of ether oxygens (including phenoxy) is 1. The smallest absolute Gasteiger partial charge is 0.338 e. The molecule has 1 atom stereocenters. The van der Waals surface area contributed by atoms with Crippen LogP contribution in [0, 0.1) is 11.8 Å². The molecule has 0 spiro atoms. The molecule has 1 aliphatic rings. The zero-order valence-electron chi connectivity index (χ0n) is 17.8. The van der Waals surface area contributed by atoms with E-state index in [9.17, 15) is 9.59 Å². The van der Waals surface area contributed by atoms with E-state index >= 15 is 0 Å². The van der Waals surface area contributed by atoms with Crippen LogP contribution in [0.25, 0.3) is 0 Å². The minimum absolute atomic E-state index is 0.0263. The lowest BCUT2D eigenvalue weighted by molar-refractivity contribution is -0.161. The molecule has 0 unspecified atom stereocenters. The van der Waals surface area contributed by atoms with E-state index in [4.69, 9.17) is 19.7 Å². The highest BCUT2D eigenvalue weighted by Crippen LogP contribution is 2.29. The van der Waals surface area contributed by atoms with Crippen molar-refractivity contribution in [2.24, 2.45) is 22.7 Å². The fraction of sp³-hybridized carbons (Fsp3) is 0.682. The van der Waals surface area contributed by atoms with Crippen molar-refractivity contribution in [1.29, 1.82) is 0 Å². The molecule has 1 aliphatic carbocycles. The number of hydrogen-bond donors (Lipinski definition) is 1. The van der Waals surface area contributed by atoms with Gasteiger partial charge in [0, 0.05) is 0 Å². The Balaban J connectivity index is 1.93. The monoisotopic (exact) mass is 406 g/mol. The first-order valence-corrected chi connectivity index (χ1v) is 10.5. The number of esters is 1. The molecule has 1 fully saturated rings. The van der Waals surface area contributed by atoms with Crippen molar-refractivity contribution in [3.05, 3.63) is 24.2 Å². The van der Waals surface area contributed by atoms with Gasteiger partial charge in [-0.2, -0.15) is 0 Å². The van der Waals surface area contributed by atoms with Gasteiger partial charge in [-0.3, -0.25) is 4.79 Å². The summed E-state index contributed by atoms with van der Waals surface area (Å²) >= 11 is 0. The lowest BCUT2D eigenvalue weighted by Gasteiger charge is -2.23. The Labute approximate surface area is 173 Å². The molecule has 0 aromatic carbocycles. The van der Waals surface area contributed by atoms with Crippen LogP contribution in [0.1, 0.15) is 84.3 Å². The molecule has 7 nitrogen and oxygen atoms in total. The van der Waals surface area contributed by atoms with E-state index in [1.165, 1.54) is 38.4 Å². The van der Waals surface area contributed by atoms with Gasteiger partial charge in [0.15, 0.2) is 5.76 Å². The maximum atomic E-state index is 12.6. The van der Waals surface area contributed by atoms with Crippen LogP contribution in [0.15, 0.2) is 28.0 Å². The maximum Gasteiger partial charge on any atom is 0.338 e. The number of carbonyl (C=O) groups is 2. The zero-order valence-corrected chi connectivity index (χ0v) is 17.8. The van der Waals surface area contributed by atoms with Gasteiger partial charge in [0.1, 0.15) is 5.60 Å². The van der Waals surface area contributed by atoms with E-state index in [0.29, 0.717) is 12.2 Å².